The number of hydrogen-bond donors (Lipinski definition) is 6. The molecule has 0 aliphatic heterocycles. The number of ether oxygens (including phenoxy) is 4. The van der Waals surface area contributed by atoms with Crippen LogP contribution in [-0.4, -0.2) is 135 Å². The minimum absolute atomic E-state index is 0.0327. The number of carbonyl (C=O) groups is 7. The number of ketones is 2. The molecule has 0 aromatic carbocycles. The number of carboxylic acids is 2. The SMILES string of the molecule is CC[C@@H](CCCNC(=O)COCCOCCNC(=O)COCCOCCCC(=O)CC[C@H](NC(=O)CCCCCCCCCCCCCCCCC(=O)O)C(=O)O)C(=O)CO. The van der Waals surface area contributed by atoms with E-state index < -0.39 is 24.6 Å². The zero-order valence-corrected chi connectivity index (χ0v) is 37.0. The molecule has 0 saturated heterocycles. The zero-order valence-electron chi connectivity index (χ0n) is 37.0. The Kier molecular flexibility index (Phi) is 39.4. The van der Waals surface area contributed by atoms with Crippen molar-refractivity contribution >= 4 is 41.2 Å². The van der Waals surface area contributed by atoms with Crippen LogP contribution in [0.1, 0.15) is 155 Å². The summed E-state index contributed by atoms with van der Waals surface area (Å²) < 4.78 is 21.4. The lowest BCUT2D eigenvalue weighted by Crippen LogP contribution is -2.41. The highest BCUT2D eigenvalue weighted by molar-refractivity contribution is 5.85. The summed E-state index contributed by atoms with van der Waals surface area (Å²) in [4.78, 5) is 82.1. The minimum Gasteiger partial charge on any atom is -0.481 e. The summed E-state index contributed by atoms with van der Waals surface area (Å²) in [6, 6.07) is -1.10. The van der Waals surface area contributed by atoms with Gasteiger partial charge in [0.05, 0.1) is 33.0 Å². The summed E-state index contributed by atoms with van der Waals surface area (Å²) in [5.41, 5.74) is 0. The number of aliphatic carboxylic acids is 2. The molecular weight excluding hydrogens is 794 g/mol. The number of rotatable bonds is 46. The Morgan fingerprint density at radius 2 is 0.984 bits per heavy atom. The van der Waals surface area contributed by atoms with E-state index in [0.29, 0.717) is 45.3 Å². The topological polar surface area (TPSA) is 253 Å². The van der Waals surface area contributed by atoms with E-state index in [1.807, 2.05) is 6.92 Å². The summed E-state index contributed by atoms with van der Waals surface area (Å²) in [5.74, 6) is -3.25. The average Bonchev–Trinajstić information content (AvgIpc) is 3.23. The summed E-state index contributed by atoms with van der Waals surface area (Å²) >= 11 is 0. The fraction of sp³-hybridized carbons (Fsp3) is 0.841. The number of aliphatic hydroxyl groups excluding tert-OH is 1. The standard InChI is InChI=1S/C44H79N3O14/c1-2-36(39(50)33-48)19-17-25-45-41(52)34-61-32-30-59-28-26-46-42(53)35-60-31-29-58-27-18-20-37(49)23-24-38(44(56)57)47-40(51)21-15-13-11-9-7-5-3-4-6-8-10-12-14-16-22-43(54)55/h36,38,48H,2-35H2,1H3,(H,45,52)(H,46,53)(H,47,51)(H,54,55)(H,56,57)/t36-,38-/m0/s1. The second kappa shape index (κ2) is 41.8. The summed E-state index contributed by atoms with van der Waals surface area (Å²) in [5, 5.41) is 35.1. The Morgan fingerprint density at radius 3 is 1.49 bits per heavy atom. The normalized spacial score (nSPS) is 12.1. The van der Waals surface area contributed by atoms with Crippen LogP contribution >= 0.6 is 0 Å². The van der Waals surface area contributed by atoms with Gasteiger partial charge in [0.25, 0.3) is 0 Å². The van der Waals surface area contributed by atoms with Crippen LogP contribution in [-0.2, 0) is 52.5 Å². The Hall–Kier alpha value is -3.51. The zero-order chi connectivity index (χ0) is 45.2. The van der Waals surface area contributed by atoms with Crippen molar-refractivity contribution < 1.29 is 67.8 Å². The van der Waals surface area contributed by atoms with E-state index in [2.05, 4.69) is 16.0 Å². The van der Waals surface area contributed by atoms with Crippen LogP contribution in [0.4, 0.5) is 0 Å². The van der Waals surface area contributed by atoms with Gasteiger partial charge in [-0.15, -0.1) is 0 Å². The van der Waals surface area contributed by atoms with Crippen molar-refractivity contribution in [3.63, 3.8) is 0 Å². The van der Waals surface area contributed by atoms with Crippen LogP contribution < -0.4 is 16.0 Å². The number of nitrogens with one attached hydrogen (secondary N) is 3. The Bertz CT molecular complexity index is 1190. The number of carbonyl (C=O) groups excluding carboxylic acids is 5. The Labute approximate surface area is 363 Å². The fourth-order valence-electron chi connectivity index (χ4n) is 6.44. The molecule has 0 saturated carbocycles. The lowest BCUT2D eigenvalue weighted by Gasteiger charge is -2.14. The van der Waals surface area contributed by atoms with Gasteiger partial charge in [-0.2, -0.15) is 0 Å². The van der Waals surface area contributed by atoms with Gasteiger partial charge in [-0.05, 0) is 44.9 Å². The van der Waals surface area contributed by atoms with Gasteiger partial charge in [-0.25, -0.2) is 4.79 Å². The molecule has 17 heteroatoms. The second-order valence-corrected chi connectivity index (χ2v) is 15.4. The molecule has 0 unspecified atom stereocenters. The summed E-state index contributed by atoms with van der Waals surface area (Å²) in [7, 11) is 0. The van der Waals surface area contributed by atoms with E-state index >= 15 is 0 Å². The maximum absolute atomic E-state index is 12.3. The van der Waals surface area contributed by atoms with Gasteiger partial charge in [-0.3, -0.25) is 28.8 Å². The third-order valence-corrected chi connectivity index (χ3v) is 10.1. The van der Waals surface area contributed by atoms with E-state index in [9.17, 15) is 38.7 Å². The van der Waals surface area contributed by atoms with Crippen molar-refractivity contribution in [2.75, 3.05) is 72.6 Å². The first-order chi connectivity index (χ1) is 29.5. The third kappa shape index (κ3) is 39.1. The first-order valence-electron chi connectivity index (χ1n) is 22.7. The van der Waals surface area contributed by atoms with Crippen molar-refractivity contribution in [1.82, 2.24) is 16.0 Å². The molecule has 17 nitrogen and oxygen atoms in total. The Balaban J connectivity index is 3.67. The predicted octanol–water partition coefficient (Wildman–Crippen LogP) is 4.68. The van der Waals surface area contributed by atoms with Crippen molar-refractivity contribution in [3.05, 3.63) is 0 Å². The number of hydrogen-bond acceptors (Lipinski definition) is 12. The molecule has 0 aromatic heterocycles. The molecule has 6 N–H and O–H groups in total. The molecule has 0 radical (unpaired) electrons. The van der Waals surface area contributed by atoms with E-state index in [-0.39, 0.29) is 120 Å². The number of amides is 3. The third-order valence-electron chi connectivity index (χ3n) is 10.1. The highest BCUT2D eigenvalue weighted by atomic mass is 16.5. The van der Waals surface area contributed by atoms with Crippen LogP contribution in [0.25, 0.3) is 0 Å². The Morgan fingerprint density at radius 1 is 0.492 bits per heavy atom. The van der Waals surface area contributed by atoms with Crippen molar-refractivity contribution in [3.8, 4) is 0 Å². The quantitative estimate of drug-likeness (QED) is 0.0455. The lowest BCUT2D eigenvalue weighted by atomic mass is 9.96. The van der Waals surface area contributed by atoms with Gasteiger partial charge in [0.2, 0.25) is 17.7 Å². The average molecular weight is 874 g/mol. The molecular formula is C44H79N3O14. The summed E-state index contributed by atoms with van der Waals surface area (Å²) in [6.45, 7) is 3.30. The van der Waals surface area contributed by atoms with Crippen LogP contribution in [0.3, 0.4) is 0 Å². The smallest absolute Gasteiger partial charge is 0.326 e. The van der Waals surface area contributed by atoms with Crippen molar-refractivity contribution in [2.45, 2.75) is 161 Å². The number of aliphatic hydroxyl groups is 1. The highest BCUT2D eigenvalue weighted by Gasteiger charge is 2.21. The van der Waals surface area contributed by atoms with Gasteiger partial charge in [-0.1, -0.05) is 84.0 Å². The first-order valence-corrected chi connectivity index (χ1v) is 22.7. The molecule has 0 bridgehead atoms. The maximum atomic E-state index is 12.3. The van der Waals surface area contributed by atoms with Crippen molar-refractivity contribution in [1.29, 1.82) is 0 Å². The van der Waals surface area contributed by atoms with Gasteiger partial charge in [0.1, 0.15) is 31.6 Å². The molecule has 3 amide bonds. The van der Waals surface area contributed by atoms with Crippen molar-refractivity contribution in [2.24, 2.45) is 5.92 Å². The molecule has 0 heterocycles. The number of unbranched alkanes of at least 4 members (excludes halogenated alkanes) is 13. The van der Waals surface area contributed by atoms with Gasteiger partial charge >= 0.3 is 11.9 Å². The monoisotopic (exact) mass is 874 g/mol. The molecule has 354 valence electrons. The van der Waals surface area contributed by atoms with Gasteiger partial charge in [0.15, 0.2) is 5.78 Å². The molecule has 0 aromatic rings. The molecule has 2 atom stereocenters. The number of carboxylic acid groups (broad SMARTS) is 2. The lowest BCUT2D eigenvalue weighted by molar-refractivity contribution is -0.142. The molecule has 0 rings (SSSR count). The molecule has 0 aliphatic carbocycles. The van der Waals surface area contributed by atoms with E-state index in [4.69, 9.17) is 29.2 Å². The molecule has 0 spiro atoms. The molecule has 0 aliphatic rings. The van der Waals surface area contributed by atoms with E-state index in [1.54, 1.807) is 0 Å². The second-order valence-electron chi connectivity index (χ2n) is 15.4. The number of Topliss-reactive ketones (excluding diaryl/α,β-unsaturated/α-hetero) is 2. The van der Waals surface area contributed by atoms with E-state index in [1.165, 1.54) is 44.9 Å². The highest BCUT2D eigenvalue weighted by Crippen LogP contribution is 2.14. The van der Waals surface area contributed by atoms with Crippen LogP contribution in [0.15, 0.2) is 0 Å². The minimum atomic E-state index is -1.16. The van der Waals surface area contributed by atoms with Crippen LogP contribution in [0.2, 0.25) is 0 Å². The van der Waals surface area contributed by atoms with Gasteiger partial charge < -0.3 is 50.2 Å². The van der Waals surface area contributed by atoms with Gasteiger partial charge in [0, 0.05) is 51.3 Å². The predicted molar refractivity (Wildman–Crippen MR) is 229 cm³/mol. The van der Waals surface area contributed by atoms with E-state index in [0.717, 1.165) is 38.5 Å². The summed E-state index contributed by atoms with van der Waals surface area (Å²) in [6.07, 6.45) is 18.3. The van der Waals surface area contributed by atoms with Crippen LogP contribution in [0.5, 0.6) is 0 Å². The fourth-order valence-corrected chi connectivity index (χ4v) is 6.44. The molecule has 0 fully saturated rings. The maximum Gasteiger partial charge on any atom is 0.326 e. The van der Waals surface area contributed by atoms with Crippen LogP contribution in [0, 0.1) is 5.92 Å². The first kappa shape index (κ1) is 57.5. The largest absolute Gasteiger partial charge is 0.481 e. The molecule has 61 heavy (non-hydrogen) atoms.